The Morgan fingerprint density at radius 1 is 1.28 bits per heavy atom. The van der Waals surface area contributed by atoms with Crippen LogP contribution in [-0.2, 0) is 14.8 Å². The molecule has 3 rings (SSSR count). The topological polar surface area (TPSA) is 102 Å². The van der Waals surface area contributed by atoms with Gasteiger partial charge < -0.3 is 14.6 Å². The summed E-state index contributed by atoms with van der Waals surface area (Å²) in [5, 5.41) is 6.88. The average molecular weight is 462 g/mol. The van der Waals surface area contributed by atoms with Gasteiger partial charge in [-0.1, -0.05) is 30.3 Å². The predicted molar refractivity (Wildman–Crippen MR) is 123 cm³/mol. The molecule has 32 heavy (non-hydrogen) atoms. The van der Waals surface area contributed by atoms with Crippen molar-refractivity contribution in [1.82, 2.24) is 14.8 Å². The smallest absolute Gasteiger partial charge is 0.248 e. The van der Waals surface area contributed by atoms with Gasteiger partial charge in [0, 0.05) is 25.0 Å². The first-order valence-corrected chi connectivity index (χ1v) is 12.3. The average Bonchev–Trinajstić information content (AvgIpc) is 3.19. The van der Waals surface area contributed by atoms with Crippen LogP contribution in [0, 0.1) is 12.8 Å². The van der Waals surface area contributed by atoms with E-state index in [1.165, 1.54) is 4.31 Å². The summed E-state index contributed by atoms with van der Waals surface area (Å²) < 4.78 is 38.6. The quantitative estimate of drug-likeness (QED) is 0.646. The van der Waals surface area contributed by atoms with Gasteiger partial charge in [0.05, 0.1) is 7.11 Å². The van der Waals surface area contributed by atoms with Gasteiger partial charge in [0.25, 0.3) is 0 Å². The molecule has 8 nitrogen and oxygen atoms in total. The lowest BCUT2D eigenvalue weighted by Crippen LogP contribution is -2.44. The van der Waals surface area contributed by atoms with Crippen LogP contribution in [0.2, 0.25) is 0 Å². The number of carbonyl (C=O) groups is 1. The Labute approximate surface area is 189 Å². The SMILES string of the molecule is CCC(C)NC(=O)C1CCN(S(=O)(=O)c2c(C)noc2/C=C\c2ccc(OC)cc2)CC1. The van der Waals surface area contributed by atoms with Crippen LogP contribution < -0.4 is 10.1 Å². The maximum Gasteiger partial charge on any atom is 0.248 e. The van der Waals surface area contributed by atoms with Crippen molar-refractivity contribution in [3.8, 4) is 5.75 Å². The normalized spacial score (nSPS) is 16.9. The van der Waals surface area contributed by atoms with Crippen molar-refractivity contribution in [2.24, 2.45) is 5.92 Å². The first-order chi connectivity index (χ1) is 15.3. The second-order valence-corrected chi connectivity index (χ2v) is 9.94. The highest BCUT2D eigenvalue weighted by atomic mass is 32.2. The van der Waals surface area contributed by atoms with Crippen molar-refractivity contribution in [2.75, 3.05) is 20.2 Å². The number of piperidine rings is 1. The van der Waals surface area contributed by atoms with Crippen LogP contribution in [0.3, 0.4) is 0 Å². The van der Waals surface area contributed by atoms with E-state index in [9.17, 15) is 13.2 Å². The first kappa shape index (κ1) is 24.0. The summed E-state index contributed by atoms with van der Waals surface area (Å²) in [5.74, 6) is 0.756. The van der Waals surface area contributed by atoms with E-state index in [2.05, 4.69) is 10.5 Å². The Kier molecular flexibility index (Phi) is 7.73. The van der Waals surface area contributed by atoms with Crippen molar-refractivity contribution < 1.29 is 22.5 Å². The number of ether oxygens (including phenoxy) is 1. The minimum Gasteiger partial charge on any atom is -0.497 e. The Bertz CT molecular complexity index is 1050. The van der Waals surface area contributed by atoms with Gasteiger partial charge in [-0.2, -0.15) is 4.31 Å². The molecule has 1 aliphatic heterocycles. The van der Waals surface area contributed by atoms with Crippen molar-refractivity contribution in [1.29, 1.82) is 0 Å². The lowest BCUT2D eigenvalue weighted by atomic mass is 9.97. The minimum absolute atomic E-state index is 0.000621. The Hall–Kier alpha value is -2.65. The molecule has 1 aromatic carbocycles. The highest BCUT2D eigenvalue weighted by Crippen LogP contribution is 2.29. The largest absolute Gasteiger partial charge is 0.497 e. The summed E-state index contributed by atoms with van der Waals surface area (Å²) in [6.45, 7) is 6.17. The van der Waals surface area contributed by atoms with Crippen LogP contribution in [-0.4, -0.2) is 50.0 Å². The van der Waals surface area contributed by atoms with Crippen molar-refractivity contribution in [3.63, 3.8) is 0 Å². The van der Waals surface area contributed by atoms with Crippen LogP contribution in [0.4, 0.5) is 0 Å². The van der Waals surface area contributed by atoms with Crippen LogP contribution in [0.25, 0.3) is 12.2 Å². The zero-order valence-electron chi connectivity index (χ0n) is 19.0. The third kappa shape index (κ3) is 5.39. The second kappa shape index (κ2) is 10.3. The number of hydrogen-bond donors (Lipinski definition) is 1. The maximum absolute atomic E-state index is 13.4. The molecular weight excluding hydrogens is 430 g/mol. The standard InChI is InChI=1S/C23H31N3O5S/c1-5-16(2)24-23(27)19-12-14-26(15-13-19)32(28,29)22-17(3)25-31-21(22)11-8-18-6-9-20(30-4)10-7-18/h6-11,16,19H,5,12-15H2,1-4H3,(H,24,27)/b11-8-. The molecule has 0 radical (unpaired) electrons. The minimum atomic E-state index is -3.80. The summed E-state index contributed by atoms with van der Waals surface area (Å²) in [5.41, 5.74) is 1.19. The van der Waals surface area contributed by atoms with Crippen molar-refractivity contribution in [3.05, 3.63) is 41.3 Å². The zero-order valence-corrected chi connectivity index (χ0v) is 19.8. The van der Waals surface area contributed by atoms with Gasteiger partial charge in [-0.05, 0) is 56.9 Å². The molecule has 1 aromatic heterocycles. The number of aryl methyl sites for hydroxylation is 1. The summed E-state index contributed by atoms with van der Waals surface area (Å²) in [7, 11) is -2.20. The lowest BCUT2D eigenvalue weighted by molar-refractivity contribution is -0.126. The molecule has 0 bridgehead atoms. The monoisotopic (exact) mass is 461 g/mol. The van der Waals surface area contributed by atoms with Crippen LogP contribution >= 0.6 is 0 Å². The molecule has 1 unspecified atom stereocenters. The Morgan fingerprint density at radius 3 is 2.53 bits per heavy atom. The van der Waals surface area contributed by atoms with Crippen LogP contribution in [0.1, 0.15) is 50.1 Å². The number of nitrogens with one attached hydrogen (secondary N) is 1. The highest BCUT2D eigenvalue weighted by molar-refractivity contribution is 7.89. The molecule has 174 valence electrons. The maximum atomic E-state index is 13.4. The molecule has 9 heteroatoms. The number of amides is 1. The molecule has 0 spiro atoms. The van der Waals surface area contributed by atoms with E-state index in [4.69, 9.17) is 9.26 Å². The fourth-order valence-electron chi connectivity index (χ4n) is 3.64. The number of aromatic nitrogens is 1. The van der Waals surface area contributed by atoms with Gasteiger partial charge >= 0.3 is 0 Å². The van der Waals surface area contributed by atoms with Gasteiger partial charge in [0.1, 0.15) is 11.4 Å². The summed E-state index contributed by atoms with van der Waals surface area (Å²) in [4.78, 5) is 12.5. The molecule has 0 saturated carbocycles. The summed E-state index contributed by atoms with van der Waals surface area (Å²) >= 11 is 0. The number of methoxy groups -OCH3 is 1. The molecule has 1 fully saturated rings. The van der Waals surface area contributed by atoms with E-state index in [1.807, 2.05) is 38.1 Å². The molecule has 1 amide bonds. The van der Waals surface area contributed by atoms with E-state index in [0.29, 0.717) is 18.5 Å². The third-order valence-corrected chi connectivity index (χ3v) is 7.86. The number of rotatable bonds is 8. The number of hydrogen-bond acceptors (Lipinski definition) is 6. The Morgan fingerprint density at radius 2 is 1.94 bits per heavy atom. The van der Waals surface area contributed by atoms with Gasteiger partial charge in [-0.15, -0.1) is 0 Å². The van der Waals surface area contributed by atoms with E-state index in [-0.39, 0.29) is 41.6 Å². The number of benzene rings is 1. The number of nitrogens with zero attached hydrogens (tertiary/aromatic N) is 2. The van der Waals surface area contributed by atoms with E-state index < -0.39 is 10.0 Å². The van der Waals surface area contributed by atoms with Crippen LogP contribution in [0.5, 0.6) is 5.75 Å². The van der Waals surface area contributed by atoms with E-state index in [0.717, 1.165) is 17.7 Å². The second-order valence-electron chi connectivity index (χ2n) is 8.06. The van der Waals surface area contributed by atoms with Gasteiger partial charge in [-0.25, -0.2) is 8.42 Å². The third-order valence-electron chi connectivity index (χ3n) is 5.80. The summed E-state index contributed by atoms with van der Waals surface area (Å²) in [6, 6.07) is 7.49. The van der Waals surface area contributed by atoms with Crippen molar-refractivity contribution in [2.45, 2.75) is 51.0 Å². The van der Waals surface area contributed by atoms with E-state index >= 15 is 0 Å². The van der Waals surface area contributed by atoms with Gasteiger partial charge in [-0.3, -0.25) is 4.79 Å². The molecule has 2 aromatic rings. The molecule has 2 heterocycles. The molecule has 1 saturated heterocycles. The fraction of sp³-hybridized carbons (Fsp3) is 0.478. The van der Waals surface area contributed by atoms with Gasteiger partial charge in [0.15, 0.2) is 10.7 Å². The molecule has 0 aliphatic carbocycles. The zero-order chi connectivity index (χ0) is 23.3. The molecule has 1 N–H and O–H groups in total. The molecule has 1 aliphatic rings. The lowest BCUT2D eigenvalue weighted by Gasteiger charge is -2.31. The number of carbonyl (C=O) groups excluding carboxylic acids is 1. The summed E-state index contributed by atoms with van der Waals surface area (Å²) in [6.07, 6.45) is 5.22. The highest BCUT2D eigenvalue weighted by Gasteiger charge is 2.36. The molecular formula is C23H31N3O5S. The van der Waals surface area contributed by atoms with E-state index in [1.54, 1.807) is 26.2 Å². The Balaban J connectivity index is 1.73. The number of sulfonamides is 1. The van der Waals surface area contributed by atoms with Crippen molar-refractivity contribution >= 4 is 28.1 Å². The fourth-order valence-corrected chi connectivity index (χ4v) is 5.36. The van der Waals surface area contributed by atoms with Crippen LogP contribution in [0.15, 0.2) is 33.7 Å². The van der Waals surface area contributed by atoms with Gasteiger partial charge in [0.2, 0.25) is 15.9 Å². The predicted octanol–water partition coefficient (Wildman–Crippen LogP) is 3.48. The molecule has 1 atom stereocenters. The first-order valence-electron chi connectivity index (χ1n) is 10.8.